The van der Waals surface area contributed by atoms with Crippen molar-refractivity contribution in [3.63, 3.8) is 0 Å². The summed E-state index contributed by atoms with van der Waals surface area (Å²) in [4.78, 5) is 28.7. The van der Waals surface area contributed by atoms with Gasteiger partial charge in [-0.3, -0.25) is 9.59 Å². The minimum atomic E-state index is -0.258. The Kier molecular flexibility index (Phi) is 5.21. The molecule has 3 rings (SSSR count). The molecule has 0 unspecified atom stereocenters. The summed E-state index contributed by atoms with van der Waals surface area (Å²) in [6, 6.07) is 7.14. The molecule has 2 amide bonds. The molecule has 0 bridgehead atoms. The fourth-order valence-corrected chi connectivity index (χ4v) is 3.05. The Bertz CT molecular complexity index is 846. The highest BCUT2D eigenvalue weighted by molar-refractivity contribution is 6.06. The molecule has 0 atom stereocenters. The average Bonchev–Trinajstić information content (AvgIpc) is 3.11. The lowest BCUT2D eigenvalue weighted by Gasteiger charge is -2.15. The maximum atomic E-state index is 12.7. The number of hydrogen-bond donors (Lipinski definition) is 2. The van der Waals surface area contributed by atoms with Gasteiger partial charge in [0.25, 0.3) is 5.91 Å². The lowest BCUT2D eigenvalue weighted by molar-refractivity contribution is -0.118. The van der Waals surface area contributed by atoms with Gasteiger partial charge in [0.15, 0.2) is 0 Å². The molecule has 1 aromatic carbocycles. The number of nitrogens with zero attached hydrogens (tertiary/aromatic N) is 1. The molecule has 0 saturated heterocycles. The van der Waals surface area contributed by atoms with Crippen molar-refractivity contribution < 1.29 is 14.3 Å². The summed E-state index contributed by atoms with van der Waals surface area (Å²) in [6.45, 7) is 3.60. The van der Waals surface area contributed by atoms with E-state index in [4.69, 9.17) is 4.74 Å². The first-order valence-electron chi connectivity index (χ1n) is 8.76. The fraction of sp³-hybridized carbons (Fsp3) is 0.350. The number of carbonyl (C=O) groups is 2. The topological polar surface area (TPSA) is 80.3 Å². The van der Waals surface area contributed by atoms with Gasteiger partial charge in [-0.1, -0.05) is 19.9 Å². The summed E-state index contributed by atoms with van der Waals surface area (Å²) < 4.78 is 5.43. The quantitative estimate of drug-likeness (QED) is 0.863. The van der Waals surface area contributed by atoms with Crippen LogP contribution in [0.25, 0.3) is 0 Å². The van der Waals surface area contributed by atoms with E-state index < -0.39 is 0 Å². The van der Waals surface area contributed by atoms with E-state index in [1.54, 1.807) is 33.1 Å². The number of hydrogen-bond acceptors (Lipinski definition) is 4. The highest BCUT2D eigenvalue weighted by Gasteiger charge is 2.21. The van der Waals surface area contributed by atoms with Crippen LogP contribution in [0.3, 0.4) is 0 Å². The molecule has 1 heterocycles. The van der Waals surface area contributed by atoms with Gasteiger partial charge in [-0.2, -0.15) is 0 Å². The summed E-state index contributed by atoms with van der Waals surface area (Å²) >= 11 is 0. The number of carbonyl (C=O) groups excluding carboxylic acids is 2. The molecule has 0 radical (unpaired) electrons. The maximum absolute atomic E-state index is 12.7. The molecular formula is C20H23N3O3. The molecule has 6 nitrogen and oxygen atoms in total. The third-order valence-corrected chi connectivity index (χ3v) is 4.50. The minimum Gasteiger partial charge on any atom is -0.495 e. The molecule has 0 aliphatic heterocycles. The van der Waals surface area contributed by atoms with Gasteiger partial charge in [0.05, 0.1) is 12.8 Å². The van der Waals surface area contributed by atoms with Crippen LogP contribution in [0.4, 0.5) is 11.5 Å². The van der Waals surface area contributed by atoms with Gasteiger partial charge in [0.1, 0.15) is 11.6 Å². The third-order valence-electron chi connectivity index (χ3n) is 4.50. The number of benzene rings is 1. The first-order chi connectivity index (χ1) is 12.5. The van der Waals surface area contributed by atoms with Gasteiger partial charge in [0, 0.05) is 17.7 Å². The predicted molar refractivity (Wildman–Crippen MR) is 101 cm³/mol. The van der Waals surface area contributed by atoms with E-state index in [9.17, 15) is 9.59 Å². The van der Waals surface area contributed by atoms with E-state index in [1.807, 2.05) is 6.07 Å². The van der Waals surface area contributed by atoms with Crippen molar-refractivity contribution >= 4 is 23.3 Å². The molecule has 1 aliphatic rings. The summed E-state index contributed by atoms with van der Waals surface area (Å²) in [5.74, 6) is 0.456. The molecule has 0 spiro atoms. The lowest BCUT2D eigenvalue weighted by atomic mass is 10.1. The molecule has 6 heteroatoms. The van der Waals surface area contributed by atoms with Crippen molar-refractivity contribution in [1.82, 2.24) is 4.98 Å². The zero-order valence-electron chi connectivity index (χ0n) is 15.3. The van der Waals surface area contributed by atoms with Gasteiger partial charge in [-0.05, 0) is 48.6 Å². The van der Waals surface area contributed by atoms with Crippen molar-refractivity contribution in [2.24, 2.45) is 5.92 Å². The van der Waals surface area contributed by atoms with Crippen LogP contribution in [-0.4, -0.2) is 23.9 Å². The number of aromatic nitrogens is 1. The number of pyridine rings is 1. The normalized spacial score (nSPS) is 12.6. The lowest BCUT2D eigenvalue weighted by Crippen LogP contribution is -2.19. The van der Waals surface area contributed by atoms with Crippen LogP contribution >= 0.6 is 0 Å². The van der Waals surface area contributed by atoms with Crippen LogP contribution in [0.2, 0.25) is 0 Å². The molecule has 26 heavy (non-hydrogen) atoms. The highest BCUT2D eigenvalue weighted by Crippen LogP contribution is 2.36. The van der Waals surface area contributed by atoms with Crippen LogP contribution in [0.15, 0.2) is 30.5 Å². The molecule has 0 saturated carbocycles. The molecular weight excluding hydrogens is 330 g/mol. The number of rotatable bonds is 5. The van der Waals surface area contributed by atoms with Crippen molar-refractivity contribution in [1.29, 1.82) is 0 Å². The van der Waals surface area contributed by atoms with Gasteiger partial charge >= 0.3 is 0 Å². The summed E-state index contributed by atoms with van der Waals surface area (Å²) in [5.41, 5.74) is 3.55. The first-order valence-corrected chi connectivity index (χ1v) is 8.76. The number of nitrogens with one attached hydrogen (secondary N) is 2. The van der Waals surface area contributed by atoms with Gasteiger partial charge in [-0.25, -0.2) is 4.98 Å². The van der Waals surface area contributed by atoms with E-state index in [2.05, 4.69) is 21.7 Å². The largest absolute Gasteiger partial charge is 0.495 e. The number of anilines is 2. The van der Waals surface area contributed by atoms with Gasteiger partial charge in [-0.15, -0.1) is 0 Å². The monoisotopic (exact) mass is 353 g/mol. The van der Waals surface area contributed by atoms with Crippen molar-refractivity contribution in [2.45, 2.75) is 33.1 Å². The second-order valence-electron chi connectivity index (χ2n) is 6.66. The average molecular weight is 353 g/mol. The smallest absolute Gasteiger partial charge is 0.255 e. The predicted octanol–water partition coefficient (Wildman–Crippen LogP) is 3.43. The zero-order valence-corrected chi connectivity index (χ0v) is 15.3. The van der Waals surface area contributed by atoms with E-state index in [1.165, 1.54) is 11.8 Å². The summed E-state index contributed by atoms with van der Waals surface area (Å²) in [6.07, 6.45) is 4.53. The van der Waals surface area contributed by atoms with Crippen LogP contribution in [0.5, 0.6) is 5.75 Å². The third kappa shape index (κ3) is 3.69. The first kappa shape index (κ1) is 17.9. The SMILES string of the molecule is COc1ccc2c(c1NC(=O)c1ccnc(NC(=O)C(C)C)c1)CCC2. The number of aryl methyl sites for hydroxylation is 1. The van der Waals surface area contributed by atoms with E-state index in [-0.39, 0.29) is 17.7 Å². The maximum Gasteiger partial charge on any atom is 0.255 e. The number of amides is 2. The van der Waals surface area contributed by atoms with Crippen LogP contribution in [0, 0.1) is 5.92 Å². The Morgan fingerprint density at radius 1 is 1.15 bits per heavy atom. The Labute approximate surface area is 153 Å². The molecule has 136 valence electrons. The van der Waals surface area contributed by atoms with Gasteiger partial charge in [0.2, 0.25) is 5.91 Å². The molecule has 2 aromatic rings. The second kappa shape index (κ2) is 7.56. The van der Waals surface area contributed by atoms with Gasteiger partial charge < -0.3 is 15.4 Å². The zero-order chi connectivity index (χ0) is 18.7. The highest BCUT2D eigenvalue weighted by atomic mass is 16.5. The van der Waals surface area contributed by atoms with E-state index in [0.717, 1.165) is 30.5 Å². The Balaban J connectivity index is 1.83. The number of fused-ring (bicyclic) bond motifs is 1. The van der Waals surface area contributed by atoms with E-state index >= 15 is 0 Å². The molecule has 1 aliphatic carbocycles. The number of methoxy groups -OCH3 is 1. The van der Waals surface area contributed by atoms with Crippen LogP contribution in [-0.2, 0) is 17.6 Å². The minimum absolute atomic E-state index is 0.141. The molecule has 1 aromatic heterocycles. The Morgan fingerprint density at radius 2 is 1.96 bits per heavy atom. The Hall–Kier alpha value is -2.89. The Morgan fingerprint density at radius 3 is 2.69 bits per heavy atom. The van der Waals surface area contributed by atoms with E-state index in [0.29, 0.717) is 17.1 Å². The molecule has 0 fully saturated rings. The summed E-state index contributed by atoms with van der Waals surface area (Å²) in [5, 5.41) is 5.69. The van der Waals surface area contributed by atoms with Crippen LogP contribution in [0.1, 0.15) is 41.8 Å². The van der Waals surface area contributed by atoms with Crippen molar-refractivity contribution in [3.8, 4) is 5.75 Å². The van der Waals surface area contributed by atoms with Crippen molar-refractivity contribution in [3.05, 3.63) is 47.2 Å². The number of ether oxygens (including phenoxy) is 1. The van der Waals surface area contributed by atoms with Crippen molar-refractivity contribution in [2.75, 3.05) is 17.7 Å². The fourth-order valence-electron chi connectivity index (χ4n) is 3.05. The standard InChI is InChI=1S/C20H23N3O3/c1-12(2)19(24)22-17-11-14(9-10-21-17)20(25)23-18-15-6-4-5-13(15)7-8-16(18)26-3/h7-12H,4-6H2,1-3H3,(H,23,25)(H,21,22,24). The van der Waals surface area contributed by atoms with Crippen LogP contribution < -0.4 is 15.4 Å². The second-order valence-corrected chi connectivity index (χ2v) is 6.66. The molecule has 2 N–H and O–H groups in total. The summed E-state index contributed by atoms with van der Waals surface area (Å²) in [7, 11) is 1.60.